The number of thioether (sulfide) groups is 1. The van der Waals surface area contributed by atoms with Gasteiger partial charge < -0.3 is 0 Å². The second-order valence-corrected chi connectivity index (χ2v) is 12.4. The van der Waals surface area contributed by atoms with E-state index in [4.69, 9.17) is 0 Å². The molecule has 0 unspecified atom stereocenters. The summed E-state index contributed by atoms with van der Waals surface area (Å²) < 4.78 is 23.3. The second-order valence-electron chi connectivity index (χ2n) is 9.11. The van der Waals surface area contributed by atoms with Gasteiger partial charge in [0.05, 0.1) is 11.5 Å². The first-order chi connectivity index (χ1) is 10.5. The van der Waals surface area contributed by atoms with Crippen molar-refractivity contribution < 1.29 is 8.42 Å². The third-order valence-electron chi connectivity index (χ3n) is 6.27. The van der Waals surface area contributed by atoms with Crippen molar-refractivity contribution in [2.24, 2.45) is 5.41 Å². The molecule has 3 fully saturated rings. The lowest BCUT2D eigenvalue weighted by Crippen LogP contribution is -2.68. The van der Waals surface area contributed by atoms with E-state index in [0.717, 1.165) is 6.42 Å². The maximum absolute atomic E-state index is 11.6. The number of nitrogens with zero attached hydrogens (tertiary/aromatic N) is 2. The van der Waals surface area contributed by atoms with Gasteiger partial charge in [0, 0.05) is 54.2 Å². The van der Waals surface area contributed by atoms with Crippen molar-refractivity contribution in [1.29, 1.82) is 0 Å². The number of hydrogen-bond acceptors (Lipinski definition) is 5. The highest BCUT2D eigenvalue weighted by molar-refractivity contribution is 8.00. The van der Waals surface area contributed by atoms with Gasteiger partial charge in [-0.05, 0) is 40.5 Å². The quantitative estimate of drug-likeness (QED) is 0.751. The fourth-order valence-electron chi connectivity index (χ4n) is 4.01. The van der Waals surface area contributed by atoms with Crippen LogP contribution in [0.4, 0.5) is 0 Å². The lowest BCUT2D eigenvalue weighted by atomic mass is 9.77. The van der Waals surface area contributed by atoms with E-state index in [2.05, 4.69) is 49.3 Å². The molecule has 0 aromatic rings. The summed E-state index contributed by atoms with van der Waals surface area (Å²) in [5.74, 6) is 3.36. The Labute approximate surface area is 146 Å². The Morgan fingerprint density at radius 1 is 0.913 bits per heavy atom. The molecule has 3 heterocycles. The van der Waals surface area contributed by atoms with Gasteiger partial charge in [0.1, 0.15) is 0 Å². The predicted molar refractivity (Wildman–Crippen MR) is 98.9 cm³/mol. The number of hydrogen-bond donors (Lipinski definition) is 0. The highest BCUT2D eigenvalue weighted by Gasteiger charge is 2.51. The highest BCUT2D eigenvalue weighted by Crippen LogP contribution is 2.48. The molecule has 0 aliphatic carbocycles. The minimum atomic E-state index is -2.79. The molecule has 0 aromatic carbocycles. The standard InChI is InChI=1S/C17H32N2O2S2/c1-15(2,18-7-9-23(20,21)10-8-18)5-6-16(3,4)19-11-17(12-19)13-22-14-17/h5-14H2,1-4H3. The molecule has 134 valence electrons. The first kappa shape index (κ1) is 18.0. The maximum Gasteiger partial charge on any atom is 0.152 e. The van der Waals surface area contributed by atoms with Crippen LogP contribution in [0.3, 0.4) is 0 Å². The van der Waals surface area contributed by atoms with E-state index < -0.39 is 9.84 Å². The van der Waals surface area contributed by atoms with Crippen LogP contribution in [-0.2, 0) is 9.84 Å². The van der Waals surface area contributed by atoms with Crippen molar-refractivity contribution in [3.05, 3.63) is 0 Å². The summed E-state index contributed by atoms with van der Waals surface area (Å²) >= 11 is 2.09. The Bertz CT molecular complexity index is 531. The second kappa shape index (κ2) is 5.89. The maximum atomic E-state index is 11.6. The first-order valence-corrected chi connectivity index (χ1v) is 11.8. The average Bonchev–Trinajstić information content (AvgIpc) is 2.32. The van der Waals surface area contributed by atoms with Crippen LogP contribution in [0.5, 0.6) is 0 Å². The molecular formula is C17H32N2O2S2. The molecule has 0 N–H and O–H groups in total. The molecule has 4 nitrogen and oxygen atoms in total. The number of likely N-dealkylation sites (tertiary alicyclic amines) is 1. The van der Waals surface area contributed by atoms with Crippen molar-refractivity contribution in [2.75, 3.05) is 49.2 Å². The van der Waals surface area contributed by atoms with E-state index in [1.54, 1.807) is 0 Å². The van der Waals surface area contributed by atoms with Crippen LogP contribution in [0.25, 0.3) is 0 Å². The molecule has 3 aliphatic rings. The van der Waals surface area contributed by atoms with E-state index in [0.29, 0.717) is 30.0 Å². The largest absolute Gasteiger partial charge is 0.297 e. The lowest BCUT2D eigenvalue weighted by molar-refractivity contribution is -0.0542. The summed E-state index contributed by atoms with van der Waals surface area (Å²) in [5, 5.41) is 0. The minimum Gasteiger partial charge on any atom is -0.297 e. The fourth-order valence-corrected chi connectivity index (χ4v) is 6.36. The molecule has 0 saturated carbocycles. The average molecular weight is 361 g/mol. The van der Waals surface area contributed by atoms with Crippen LogP contribution in [0, 0.1) is 5.41 Å². The van der Waals surface area contributed by atoms with Crippen LogP contribution >= 0.6 is 11.8 Å². The van der Waals surface area contributed by atoms with E-state index >= 15 is 0 Å². The fraction of sp³-hybridized carbons (Fsp3) is 1.00. The van der Waals surface area contributed by atoms with E-state index in [9.17, 15) is 8.42 Å². The van der Waals surface area contributed by atoms with Crippen LogP contribution in [0.1, 0.15) is 40.5 Å². The third-order valence-corrected chi connectivity index (χ3v) is 9.52. The molecule has 3 rings (SSSR count). The van der Waals surface area contributed by atoms with E-state index in [1.165, 1.54) is 31.0 Å². The van der Waals surface area contributed by atoms with Crippen LogP contribution in [0.2, 0.25) is 0 Å². The van der Waals surface area contributed by atoms with Crippen molar-refractivity contribution in [2.45, 2.75) is 51.6 Å². The molecule has 0 bridgehead atoms. The van der Waals surface area contributed by atoms with Gasteiger partial charge in [-0.2, -0.15) is 11.8 Å². The Balaban J connectivity index is 1.50. The number of sulfone groups is 1. The van der Waals surface area contributed by atoms with E-state index in [-0.39, 0.29) is 11.1 Å². The van der Waals surface area contributed by atoms with Crippen molar-refractivity contribution in [3.8, 4) is 0 Å². The summed E-state index contributed by atoms with van der Waals surface area (Å²) in [6, 6.07) is 0. The van der Waals surface area contributed by atoms with Gasteiger partial charge in [0.2, 0.25) is 0 Å². The Kier molecular flexibility index (Phi) is 4.61. The van der Waals surface area contributed by atoms with Gasteiger partial charge in [0.15, 0.2) is 9.84 Å². The number of rotatable bonds is 5. The van der Waals surface area contributed by atoms with Crippen molar-refractivity contribution in [1.82, 2.24) is 9.80 Å². The summed E-state index contributed by atoms with van der Waals surface area (Å²) in [4.78, 5) is 5.04. The van der Waals surface area contributed by atoms with Crippen LogP contribution in [-0.4, -0.2) is 78.5 Å². The Morgan fingerprint density at radius 2 is 1.39 bits per heavy atom. The van der Waals surface area contributed by atoms with Gasteiger partial charge in [-0.15, -0.1) is 0 Å². The molecule has 23 heavy (non-hydrogen) atoms. The Hall–Kier alpha value is 0.220. The molecule has 6 heteroatoms. The lowest BCUT2D eigenvalue weighted by Gasteiger charge is -2.60. The SMILES string of the molecule is CC(C)(CCC(C)(C)N1CC2(CSC2)C1)N1CCS(=O)(=O)CC1. The zero-order valence-electron chi connectivity index (χ0n) is 15.1. The van der Waals surface area contributed by atoms with E-state index in [1.807, 2.05) is 0 Å². The third kappa shape index (κ3) is 3.75. The molecule has 3 aliphatic heterocycles. The molecule has 0 aromatic heterocycles. The Morgan fingerprint density at radius 3 is 1.83 bits per heavy atom. The van der Waals surface area contributed by atoms with Gasteiger partial charge in [-0.3, -0.25) is 9.80 Å². The first-order valence-electron chi connectivity index (χ1n) is 8.82. The molecular weight excluding hydrogens is 328 g/mol. The van der Waals surface area contributed by atoms with Crippen LogP contribution < -0.4 is 0 Å². The normalized spacial score (nSPS) is 28.3. The molecule has 3 saturated heterocycles. The molecule has 0 amide bonds. The van der Waals surface area contributed by atoms with Crippen molar-refractivity contribution in [3.63, 3.8) is 0 Å². The van der Waals surface area contributed by atoms with Crippen molar-refractivity contribution >= 4 is 21.6 Å². The highest BCUT2D eigenvalue weighted by atomic mass is 32.2. The van der Waals surface area contributed by atoms with Crippen LogP contribution in [0.15, 0.2) is 0 Å². The minimum absolute atomic E-state index is 0.0854. The zero-order chi connectivity index (χ0) is 16.9. The summed E-state index contributed by atoms with van der Waals surface area (Å²) in [6.45, 7) is 13.2. The predicted octanol–water partition coefficient (Wildman–Crippen LogP) is 2.10. The topological polar surface area (TPSA) is 40.6 Å². The summed E-state index contributed by atoms with van der Waals surface area (Å²) in [6.07, 6.45) is 2.30. The van der Waals surface area contributed by atoms with Gasteiger partial charge in [-0.25, -0.2) is 8.42 Å². The smallest absolute Gasteiger partial charge is 0.152 e. The van der Waals surface area contributed by atoms with Gasteiger partial charge >= 0.3 is 0 Å². The van der Waals surface area contributed by atoms with Gasteiger partial charge in [-0.1, -0.05) is 0 Å². The molecule has 0 radical (unpaired) electrons. The molecule has 1 spiro atoms. The zero-order valence-corrected chi connectivity index (χ0v) is 16.7. The van der Waals surface area contributed by atoms with Gasteiger partial charge in [0.25, 0.3) is 0 Å². The monoisotopic (exact) mass is 360 g/mol. The summed E-state index contributed by atoms with van der Waals surface area (Å²) in [5.41, 5.74) is 0.991. The summed E-state index contributed by atoms with van der Waals surface area (Å²) in [7, 11) is -2.79. The molecule has 0 atom stereocenters.